The number of halogens is 4. The van der Waals surface area contributed by atoms with E-state index in [4.69, 9.17) is 4.42 Å². The van der Waals surface area contributed by atoms with Crippen molar-refractivity contribution in [3.8, 4) is 17.2 Å². The molecule has 0 spiro atoms. The van der Waals surface area contributed by atoms with Gasteiger partial charge in [0.15, 0.2) is 28.6 Å². The number of amides is 1. The zero-order valence-electron chi connectivity index (χ0n) is 16.1. The molecule has 6 nitrogen and oxygen atoms in total. The zero-order valence-corrected chi connectivity index (χ0v) is 16.1. The van der Waals surface area contributed by atoms with E-state index < -0.39 is 40.5 Å². The number of aryl methyl sites for hydroxylation is 1. The molecule has 1 N–H and O–H groups in total. The fraction of sp³-hybridized carbons (Fsp3) is 0.0952. The molecule has 0 aliphatic heterocycles. The van der Waals surface area contributed by atoms with Crippen LogP contribution in [0.4, 0.5) is 23.2 Å². The van der Waals surface area contributed by atoms with Crippen LogP contribution in [-0.4, -0.2) is 23.0 Å². The van der Waals surface area contributed by atoms with Gasteiger partial charge in [-0.25, -0.2) is 13.8 Å². The molecule has 158 valence electrons. The largest absolute Gasteiger partial charge is 0.491 e. The number of rotatable bonds is 4. The minimum absolute atomic E-state index is 0.133. The van der Waals surface area contributed by atoms with Gasteiger partial charge in [0.05, 0.1) is 7.11 Å². The fourth-order valence-electron chi connectivity index (χ4n) is 2.96. The van der Waals surface area contributed by atoms with E-state index in [1.54, 1.807) is 37.4 Å². The predicted octanol–water partition coefficient (Wildman–Crippen LogP) is 5.02. The minimum atomic E-state index is -1.87. The number of methoxy groups -OCH3 is 1. The van der Waals surface area contributed by atoms with Crippen molar-refractivity contribution in [2.24, 2.45) is 0 Å². The lowest BCUT2D eigenvalue weighted by atomic mass is 10.1. The molecule has 31 heavy (non-hydrogen) atoms. The third kappa shape index (κ3) is 3.45. The third-order valence-corrected chi connectivity index (χ3v) is 4.55. The van der Waals surface area contributed by atoms with Gasteiger partial charge < -0.3 is 14.5 Å². The van der Waals surface area contributed by atoms with Gasteiger partial charge in [-0.2, -0.15) is 13.8 Å². The molecule has 4 rings (SSSR count). The Morgan fingerprint density at radius 3 is 2.42 bits per heavy atom. The van der Waals surface area contributed by atoms with E-state index in [0.717, 1.165) is 7.11 Å². The van der Waals surface area contributed by atoms with E-state index in [-0.39, 0.29) is 11.6 Å². The second-order valence-electron chi connectivity index (χ2n) is 6.49. The SMILES string of the molecule is COc1c(F)c(F)c(C(=O)Nc2cc(-c3nc4ncccc4o3)ccc2C)c(F)c1F. The molecule has 0 fully saturated rings. The molecule has 2 aromatic carbocycles. The topological polar surface area (TPSA) is 77.2 Å². The summed E-state index contributed by atoms with van der Waals surface area (Å²) in [5.41, 5.74) is 0.488. The maximum atomic E-state index is 14.3. The monoisotopic (exact) mass is 431 g/mol. The summed E-state index contributed by atoms with van der Waals surface area (Å²) >= 11 is 0. The first-order valence-electron chi connectivity index (χ1n) is 8.85. The molecule has 0 radical (unpaired) electrons. The Morgan fingerprint density at radius 2 is 1.77 bits per heavy atom. The number of anilines is 1. The molecule has 4 aromatic rings. The summed E-state index contributed by atoms with van der Waals surface area (Å²) in [5.74, 6) is -9.79. The van der Waals surface area contributed by atoms with Crippen molar-refractivity contribution >= 4 is 22.8 Å². The van der Waals surface area contributed by atoms with Gasteiger partial charge in [-0.1, -0.05) is 6.07 Å². The molecule has 2 aromatic heterocycles. The first-order valence-corrected chi connectivity index (χ1v) is 8.85. The van der Waals surface area contributed by atoms with Gasteiger partial charge in [-0.3, -0.25) is 4.79 Å². The number of benzene rings is 2. The number of hydrogen-bond donors (Lipinski definition) is 1. The number of aromatic nitrogens is 2. The Hall–Kier alpha value is -3.95. The summed E-state index contributed by atoms with van der Waals surface area (Å²) in [6.45, 7) is 1.62. The van der Waals surface area contributed by atoms with Crippen LogP contribution in [0.25, 0.3) is 22.7 Å². The number of pyridine rings is 1. The molecular weight excluding hydrogens is 418 g/mol. The highest BCUT2D eigenvalue weighted by Gasteiger charge is 2.30. The molecule has 1 amide bonds. The van der Waals surface area contributed by atoms with E-state index >= 15 is 0 Å². The maximum Gasteiger partial charge on any atom is 0.261 e. The first kappa shape index (κ1) is 20.3. The smallest absolute Gasteiger partial charge is 0.261 e. The molecule has 2 heterocycles. The molecule has 0 saturated heterocycles. The van der Waals surface area contributed by atoms with Crippen LogP contribution in [0.5, 0.6) is 5.75 Å². The average Bonchev–Trinajstić information content (AvgIpc) is 3.19. The highest BCUT2D eigenvalue weighted by atomic mass is 19.2. The van der Waals surface area contributed by atoms with Gasteiger partial charge in [-0.15, -0.1) is 0 Å². The zero-order chi connectivity index (χ0) is 22.3. The summed E-state index contributed by atoms with van der Waals surface area (Å²) in [5, 5.41) is 2.27. The van der Waals surface area contributed by atoms with Gasteiger partial charge in [-0.05, 0) is 36.8 Å². The first-order chi connectivity index (χ1) is 14.8. The van der Waals surface area contributed by atoms with Crippen molar-refractivity contribution < 1.29 is 31.5 Å². The molecule has 0 aliphatic carbocycles. The molecule has 0 aliphatic rings. The Morgan fingerprint density at radius 1 is 1.06 bits per heavy atom. The molecular formula is C21H13F4N3O3. The fourth-order valence-corrected chi connectivity index (χ4v) is 2.96. The van der Waals surface area contributed by atoms with Gasteiger partial charge in [0.1, 0.15) is 5.56 Å². The standard InChI is InChI=1S/C21H13F4N3O3/c1-9-5-6-10(21-28-19-12(31-21)4-3-7-26-19)8-11(9)27-20(29)13-14(22)16(24)18(30-2)17(25)15(13)23/h3-8H,1-2H3,(H,27,29). The van der Waals surface area contributed by atoms with Crippen LogP contribution in [0, 0.1) is 30.2 Å². The van der Waals surface area contributed by atoms with Crippen LogP contribution in [0.15, 0.2) is 40.9 Å². The molecule has 0 saturated carbocycles. The quantitative estimate of drug-likeness (QED) is 0.363. The summed E-state index contributed by atoms with van der Waals surface area (Å²) in [6, 6.07) is 8.06. The van der Waals surface area contributed by atoms with Crippen molar-refractivity contribution in [2.75, 3.05) is 12.4 Å². The molecule has 0 unspecified atom stereocenters. The van der Waals surface area contributed by atoms with Gasteiger partial charge in [0, 0.05) is 17.4 Å². The van der Waals surface area contributed by atoms with E-state index in [9.17, 15) is 22.4 Å². The number of fused-ring (bicyclic) bond motifs is 1. The van der Waals surface area contributed by atoms with E-state index in [0.29, 0.717) is 22.4 Å². The minimum Gasteiger partial charge on any atom is -0.491 e. The lowest BCUT2D eigenvalue weighted by Crippen LogP contribution is -2.19. The third-order valence-electron chi connectivity index (χ3n) is 4.55. The van der Waals surface area contributed by atoms with E-state index in [1.807, 2.05) is 0 Å². The second kappa shape index (κ2) is 7.71. The van der Waals surface area contributed by atoms with Crippen LogP contribution in [-0.2, 0) is 0 Å². The summed E-state index contributed by atoms with van der Waals surface area (Å²) in [4.78, 5) is 20.8. The van der Waals surface area contributed by atoms with Gasteiger partial charge >= 0.3 is 0 Å². The molecule has 0 bridgehead atoms. The lowest BCUT2D eigenvalue weighted by Gasteiger charge is -2.13. The lowest BCUT2D eigenvalue weighted by molar-refractivity contribution is 0.101. The van der Waals surface area contributed by atoms with Gasteiger partial charge in [0.25, 0.3) is 5.91 Å². The Kier molecular flexibility index (Phi) is 5.05. The second-order valence-corrected chi connectivity index (χ2v) is 6.49. The van der Waals surface area contributed by atoms with E-state index in [2.05, 4.69) is 20.0 Å². The molecule has 10 heteroatoms. The highest BCUT2D eigenvalue weighted by Crippen LogP contribution is 2.31. The van der Waals surface area contributed by atoms with Crippen molar-refractivity contribution in [2.45, 2.75) is 6.92 Å². The number of oxazole rings is 1. The Balaban J connectivity index is 1.72. The average molecular weight is 431 g/mol. The number of ether oxygens (including phenoxy) is 1. The van der Waals surface area contributed by atoms with Gasteiger partial charge in [0.2, 0.25) is 17.5 Å². The Labute approximate surface area is 172 Å². The molecule has 0 atom stereocenters. The maximum absolute atomic E-state index is 14.3. The van der Waals surface area contributed by atoms with Crippen molar-refractivity contribution in [3.05, 3.63) is 70.9 Å². The number of nitrogens with zero attached hydrogens (tertiary/aromatic N) is 2. The van der Waals surface area contributed by atoms with E-state index in [1.165, 1.54) is 6.07 Å². The van der Waals surface area contributed by atoms with Crippen molar-refractivity contribution in [3.63, 3.8) is 0 Å². The predicted molar refractivity (Wildman–Crippen MR) is 103 cm³/mol. The Bertz CT molecular complexity index is 1280. The summed E-state index contributed by atoms with van der Waals surface area (Å²) in [6.07, 6.45) is 1.55. The number of hydrogen-bond acceptors (Lipinski definition) is 5. The number of carbonyl (C=O) groups excluding carboxylic acids is 1. The van der Waals surface area contributed by atoms with Crippen LogP contribution in [0.1, 0.15) is 15.9 Å². The summed E-state index contributed by atoms with van der Waals surface area (Å²) < 4.78 is 66.3. The number of nitrogens with one attached hydrogen (secondary N) is 1. The van der Waals surface area contributed by atoms with Crippen molar-refractivity contribution in [1.82, 2.24) is 9.97 Å². The normalized spacial score (nSPS) is 11.0. The van der Waals surface area contributed by atoms with Crippen LogP contribution in [0.2, 0.25) is 0 Å². The summed E-state index contributed by atoms with van der Waals surface area (Å²) in [7, 11) is 0.844. The van der Waals surface area contributed by atoms with Crippen LogP contribution in [0.3, 0.4) is 0 Å². The van der Waals surface area contributed by atoms with Crippen LogP contribution >= 0.6 is 0 Å². The van der Waals surface area contributed by atoms with Crippen molar-refractivity contribution in [1.29, 1.82) is 0 Å². The number of carbonyl (C=O) groups is 1. The van der Waals surface area contributed by atoms with Crippen LogP contribution < -0.4 is 10.1 Å². The highest BCUT2D eigenvalue weighted by molar-refractivity contribution is 6.05.